The highest BCUT2D eigenvalue weighted by molar-refractivity contribution is 5.87. The van der Waals surface area contributed by atoms with E-state index < -0.39 is 11.9 Å². The average Bonchev–Trinajstić information content (AvgIpc) is 1.81. The van der Waals surface area contributed by atoms with Crippen molar-refractivity contribution in [3.8, 4) is 0 Å². The smallest absolute Gasteiger partial charge is 0.237 e. The van der Waals surface area contributed by atoms with Crippen molar-refractivity contribution in [3.05, 3.63) is 0 Å². The third-order valence-corrected chi connectivity index (χ3v) is 1.26. The van der Waals surface area contributed by atoms with Crippen LogP contribution in [0.5, 0.6) is 0 Å². The Hall–Kier alpha value is -1.10. The lowest BCUT2D eigenvalue weighted by Gasteiger charge is -2.22. The van der Waals surface area contributed by atoms with Crippen molar-refractivity contribution in [3.63, 3.8) is 0 Å². The van der Waals surface area contributed by atoms with Gasteiger partial charge < -0.3 is 16.8 Å². The highest BCUT2D eigenvalue weighted by Crippen LogP contribution is 1.99. The molecule has 5 N–H and O–H groups in total. The largest absolute Gasteiger partial charge is 0.370 e. The van der Waals surface area contributed by atoms with Crippen molar-refractivity contribution in [1.29, 1.82) is 0 Å². The van der Waals surface area contributed by atoms with Gasteiger partial charge in [-0.25, -0.2) is 0 Å². The van der Waals surface area contributed by atoms with Crippen molar-refractivity contribution >= 4 is 11.8 Å². The fourth-order valence-corrected chi connectivity index (χ4v) is 0.772. The Kier molecular flexibility index (Phi) is 3.87. The quantitative estimate of drug-likeness (QED) is 0.534. The fraction of sp³-hybridized carbons (Fsp3) is 0.750. The molecule has 0 fully saturated rings. The van der Waals surface area contributed by atoms with Crippen LogP contribution in [0.25, 0.3) is 0 Å². The topological polar surface area (TPSA) is 98.2 Å². The van der Waals surface area contributed by atoms with E-state index in [9.17, 15) is 9.59 Å². The van der Waals surface area contributed by atoms with E-state index >= 15 is 0 Å². The van der Waals surface area contributed by atoms with Crippen LogP contribution in [-0.4, -0.2) is 23.4 Å². The molecule has 0 heterocycles. The zero-order chi connectivity index (χ0) is 10.6. The lowest BCUT2D eigenvalue weighted by Crippen LogP contribution is -2.50. The van der Waals surface area contributed by atoms with E-state index in [1.807, 2.05) is 20.8 Å². The molecule has 0 aliphatic carbocycles. The van der Waals surface area contributed by atoms with Crippen LogP contribution in [0.2, 0.25) is 0 Å². The molecule has 0 aromatic carbocycles. The zero-order valence-corrected chi connectivity index (χ0v) is 8.26. The van der Waals surface area contributed by atoms with Gasteiger partial charge in [-0.15, -0.1) is 0 Å². The Bertz CT molecular complexity index is 208. The van der Waals surface area contributed by atoms with Crippen LogP contribution in [0.1, 0.15) is 27.2 Å². The van der Waals surface area contributed by atoms with Crippen molar-refractivity contribution in [2.24, 2.45) is 11.5 Å². The summed E-state index contributed by atoms with van der Waals surface area (Å²) in [6.45, 7) is 5.51. The summed E-state index contributed by atoms with van der Waals surface area (Å²) in [6, 6.07) is -0.850. The molecule has 76 valence electrons. The van der Waals surface area contributed by atoms with Crippen LogP contribution in [0.3, 0.4) is 0 Å². The fourth-order valence-electron chi connectivity index (χ4n) is 0.772. The summed E-state index contributed by atoms with van der Waals surface area (Å²) in [6.07, 6.45) is -0.123. The number of primary amides is 1. The van der Waals surface area contributed by atoms with Crippen LogP contribution in [-0.2, 0) is 9.59 Å². The predicted octanol–water partition coefficient (Wildman–Crippen LogP) is -0.896. The first-order chi connectivity index (χ1) is 5.72. The summed E-state index contributed by atoms with van der Waals surface area (Å²) < 4.78 is 0. The summed E-state index contributed by atoms with van der Waals surface area (Å²) in [5.41, 5.74) is 9.97. The Labute approximate surface area is 77.8 Å². The van der Waals surface area contributed by atoms with Crippen LogP contribution < -0.4 is 16.8 Å². The van der Waals surface area contributed by atoms with Crippen molar-refractivity contribution in [2.75, 3.05) is 0 Å². The van der Waals surface area contributed by atoms with Gasteiger partial charge in [0.2, 0.25) is 11.8 Å². The zero-order valence-electron chi connectivity index (χ0n) is 8.26. The third-order valence-electron chi connectivity index (χ3n) is 1.26. The van der Waals surface area contributed by atoms with Gasteiger partial charge in [0.15, 0.2) is 0 Å². The first-order valence-corrected chi connectivity index (χ1v) is 4.08. The van der Waals surface area contributed by atoms with Gasteiger partial charge in [-0.2, -0.15) is 0 Å². The van der Waals surface area contributed by atoms with Gasteiger partial charge >= 0.3 is 0 Å². The molecule has 5 nitrogen and oxygen atoms in total. The van der Waals surface area contributed by atoms with Crippen molar-refractivity contribution in [1.82, 2.24) is 5.32 Å². The molecule has 0 aliphatic rings. The molecule has 13 heavy (non-hydrogen) atoms. The molecule has 0 aromatic heterocycles. The van der Waals surface area contributed by atoms with Gasteiger partial charge in [0.1, 0.15) is 0 Å². The summed E-state index contributed by atoms with van der Waals surface area (Å²) in [7, 11) is 0. The van der Waals surface area contributed by atoms with Crippen molar-refractivity contribution < 1.29 is 9.59 Å². The van der Waals surface area contributed by atoms with Gasteiger partial charge in [0.05, 0.1) is 12.5 Å². The number of carbonyl (C=O) groups is 2. The normalized spacial score (nSPS) is 13.5. The van der Waals surface area contributed by atoms with E-state index in [2.05, 4.69) is 5.32 Å². The maximum atomic E-state index is 11.3. The maximum absolute atomic E-state index is 11.3. The molecule has 0 radical (unpaired) electrons. The van der Waals surface area contributed by atoms with E-state index in [1.54, 1.807) is 0 Å². The monoisotopic (exact) mass is 187 g/mol. The first-order valence-electron chi connectivity index (χ1n) is 4.08. The number of hydrogen-bond donors (Lipinski definition) is 3. The highest BCUT2D eigenvalue weighted by Gasteiger charge is 2.20. The summed E-state index contributed by atoms with van der Waals surface area (Å²) >= 11 is 0. The van der Waals surface area contributed by atoms with Gasteiger partial charge in [0.25, 0.3) is 0 Å². The Balaban J connectivity index is 4.05. The molecule has 0 saturated carbocycles. The minimum atomic E-state index is -0.850. The molecule has 0 aliphatic heterocycles. The van der Waals surface area contributed by atoms with Crippen LogP contribution in [0, 0.1) is 0 Å². The second-order valence-electron chi connectivity index (χ2n) is 4.02. The molecule has 0 bridgehead atoms. The number of carbonyl (C=O) groups excluding carboxylic acids is 2. The van der Waals surface area contributed by atoms with E-state index in [-0.39, 0.29) is 17.9 Å². The summed E-state index contributed by atoms with van der Waals surface area (Å²) in [5, 5.41) is 2.65. The van der Waals surface area contributed by atoms with Gasteiger partial charge in [-0.05, 0) is 20.8 Å². The molecular formula is C8H17N3O2. The maximum Gasteiger partial charge on any atom is 0.237 e. The average molecular weight is 187 g/mol. The number of rotatable bonds is 3. The second kappa shape index (κ2) is 4.23. The molecule has 0 saturated heterocycles. The molecule has 5 heteroatoms. The van der Waals surface area contributed by atoms with Gasteiger partial charge in [-0.1, -0.05) is 0 Å². The SMILES string of the molecule is CC(C)(C)NC(=O)[C@H](N)CC(N)=O. The lowest BCUT2D eigenvalue weighted by atomic mass is 10.1. The van der Waals surface area contributed by atoms with E-state index in [0.29, 0.717) is 0 Å². The molecule has 0 spiro atoms. The second-order valence-corrected chi connectivity index (χ2v) is 4.02. The Morgan fingerprint density at radius 3 is 2.15 bits per heavy atom. The number of hydrogen-bond acceptors (Lipinski definition) is 3. The predicted molar refractivity (Wildman–Crippen MR) is 49.7 cm³/mol. The Morgan fingerprint density at radius 2 is 1.85 bits per heavy atom. The molecule has 0 aromatic rings. The minimum Gasteiger partial charge on any atom is -0.370 e. The van der Waals surface area contributed by atoms with Crippen LogP contribution in [0.15, 0.2) is 0 Å². The van der Waals surface area contributed by atoms with E-state index in [1.165, 1.54) is 0 Å². The van der Waals surface area contributed by atoms with Crippen LogP contribution in [0.4, 0.5) is 0 Å². The molecule has 1 atom stereocenters. The first kappa shape index (κ1) is 11.9. The van der Waals surface area contributed by atoms with Gasteiger partial charge in [0, 0.05) is 5.54 Å². The number of nitrogens with one attached hydrogen (secondary N) is 1. The summed E-state index contributed by atoms with van der Waals surface area (Å²) in [4.78, 5) is 21.7. The molecule has 2 amide bonds. The molecular weight excluding hydrogens is 170 g/mol. The minimum absolute atomic E-state index is 0.123. The third kappa shape index (κ3) is 6.10. The molecule has 0 rings (SSSR count). The Morgan fingerprint density at radius 1 is 1.38 bits per heavy atom. The van der Waals surface area contributed by atoms with E-state index in [4.69, 9.17) is 11.5 Å². The highest BCUT2D eigenvalue weighted by atomic mass is 16.2. The van der Waals surface area contributed by atoms with Crippen molar-refractivity contribution in [2.45, 2.75) is 38.8 Å². The number of amides is 2. The standard InChI is InChI=1S/C8H17N3O2/c1-8(2,3)11-7(13)5(9)4-6(10)12/h5H,4,9H2,1-3H3,(H2,10,12)(H,11,13)/t5-/m1/s1. The molecule has 0 unspecified atom stereocenters. The van der Waals surface area contributed by atoms with Gasteiger partial charge in [-0.3, -0.25) is 9.59 Å². The van der Waals surface area contributed by atoms with Crippen LogP contribution >= 0.6 is 0 Å². The number of nitrogens with two attached hydrogens (primary N) is 2. The summed E-state index contributed by atoms with van der Waals surface area (Å²) in [5.74, 6) is -0.928. The van der Waals surface area contributed by atoms with E-state index in [0.717, 1.165) is 0 Å². The lowest BCUT2D eigenvalue weighted by molar-refractivity contribution is -0.127.